The van der Waals surface area contributed by atoms with Crippen LogP contribution in [0.2, 0.25) is 0 Å². The monoisotopic (exact) mass is 275 g/mol. The third-order valence-corrected chi connectivity index (χ3v) is 4.09. The van der Waals surface area contributed by atoms with Gasteiger partial charge in [0.05, 0.1) is 11.4 Å². The summed E-state index contributed by atoms with van der Waals surface area (Å²) in [6.45, 7) is 0. The van der Waals surface area contributed by atoms with Crippen molar-refractivity contribution in [2.75, 3.05) is 0 Å². The second-order valence-electron chi connectivity index (χ2n) is 5.44. The number of hydrogen-bond donors (Lipinski definition) is 0. The van der Waals surface area contributed by atoms with Crippen LogP contribution in [0.4, 0.5) is 0 Å². The van der Waals surface area contributed by atoms with Crippen LogP contribution in [-0.2, 0) is 12.8 Å². The lowest BCUT2D eigenvalue weighted by Crippen LogP contribution is -2.07. The predicted octanol–water partition coefficient (Wildman–Crippen LogP) is 3.81. The molecule has 0 atom stereocenters. The fraction of sp³-hybridized carbons (Fsp3) is 0.222. The van der Waals surface area contributed by atoms with Crippen molar-refractivity contribution in [1.29, 1.82) is 0 Å². The van der Waals surface area contributed by atoms with Crippen molar-refractivity contribution >= 4 is 0 Å². The summed E-state index contributed by atoms with van der Waals surface area (Å²) in [6.07, 6.45) is 6.53. The number of para-hydroxylation sites is 1. The second kappa shape index (κ2) is 5.17. The topological polar surface area (TPSA) is 30.7 Å². The molecule has 3 nitrogen and oxygen atoms in total. The van der Waals surface area contributed by atoms with Crippen molar-refractivity contribution in [3.8, 4) is 17.1 Å². The van der Waals surface area contributed by atoms with Gasteiger partial charge in [-0.2, -0.15) is 5.10 Å². The molecule has 104 valence electrons. The molecule has 4 rings (SSSR count). The lowest BCUT2D eigenvalue weighted by Gasteiger charge is -2.14. The van der Waals surface area contributed by atoms with E-state index in [1.165, 1.54) is 24.1 Å². The fourth-order valence-electron chi connectivity index (χ4n) is 3.09. The molecule has 1 aliphatic rings. The highest BCUT2D eigenvalue weighted by Gasteiger charge is 2.22. The molecular weight excluding hydrogens is 258 g/mol. The van der Waals surface area contributed by atoms with E-state index in [0.717, 1.165) is 29.9 Å². The molecule has 0 unspecified atom stereocenters. The summed E-state index contributed by atoms with van der Waals surface area (Å²) in [5.74, 6) is 0. The van der Waals surface area contributed by atoms with Crippen LogP contribution in [0.3, 0.4) is 0 Å². The summed E-state index contributed by atoms with van der Waals surface area (Å²) < 4.78 is 2.11. The van der Waals surface area contributed by atoms with Crippen LogP contribution in [0.15, 0.2) is 54.7 Å². The van der Waals surface area contributed by atoms with E-state index < -0.39 is 0 Å². The van der Waals surface area contributed by atoms with Crippen LogP contribution in [0.5, 0.6) is 0 Å². The van der Waals surface area contributed by atoms with E-state index >= 15 is 0 Å². The molecule has 1 aromatic carbocycles. The molecule has 0 bridgehead atoms. The Morgan fingerprint density at radius 1 is 0.857 bits per heavy atom. The van der Waals surface area contributed by atoms with E-state index in [1.807, 2.05) is 30.5 Å². The Bertz CT molecular complexity index is 681. The van der Waals surface area contributed by atoms with E-state index in [4.69, 9.17) is 5.10 Å². The fourth-order valence-corrected chi connectivity index (χ4v) is 3.09. The summed E-state index contributed by atoms with van der Waals surface area (Å²) in [4.78, 5) is 4.49. The van der Waals surface area contributed by atoms with Gasteiger partial charge in [-0.3, -0.25) is 4.98 Å². The first-order chi connectivity index (χ1) is 10.4. The Hall–Kier alpha value is -2.42. The lowest BCUT2D eigenvalue weighted by molar-refractivity contribution is 0.653. The molecule has 0 fully saturated rings. The van der Waals surface area contributed by atoms with Crippen molar-refractivity contribution in [2.45, 2.75) is 25.7 Å². The number of benzene rings is 1. The van der Waals surface area contributed by atoms with Gasteiger partial charge >= 0.3 is 0 Å². The van der Waals surface area contributed by atoms with E-state index in [2.05, 4.69) is 33.9 Å². The standard InChI is InChI=1S/C18H17N3/c1-2-8-14(9-3-1)21-17-12-5-4-10-15(17)18(20-21)16-11-6-7-13-19-16/h1-3,6-9,11,13H,4-5,10,12H2. The molecule has 3 aromatic rings. The minimum Gasteiger partial charge on any atom is -0.255 e. The summed E-state index contributed by atoms with van der Waals surface area (Å²) in [7, 11) is 0. The Balaban J connectivity index is 1.92. The largest absolute Gasteiger partial charge is 0.255 e. The van der Waals surface area contributed by atoms with Gasteiger partial charge in [0.2, 0.25) is 0 Å². The second-order valence-corrected chi connectivity index (χ2v) is 5.44. The molecular formula is C18H17N3. The van der Waals surface area contributed by atoms with Crippen molar-refractivity contribution in [3.05, 3.63) is 66.0 Å². The molecule has 1 aliphatic carbocycles. The Kier molecular flexibility index (Phi) is 3.03. The number of pyridine rings is 1. The number of hydrogen-bond acceptors (Lipinski definition) is 2. The van der Waals surface area contributed by atoms with Crippen molar-refractivity contribution < 1.29 is 0 Å². The van der Waals surface area contributed by atoms with Gasteiger partial charge < -0.3 is 0 Å². The van der Waals surface area contributed by atoms with Crippen LogP contribution in [0.1, 0.15) is 24.1 Å². The van der Waals surface area contributed by atoms with Crippen LogP contribution >= 0.6 is 0 Å². The summed E-state index contributed by atoms with van der Waals surface area (Å²) in [5, 5.41) is 4.89. The first-order valence-corrected chi connectivity index (χ1v) is 7.51. The van der Waals surface area contributed by atoms with Gasteiger partial charge in [-0.15, -0.1) is 0 Å². The van der Waals surface area contributed by atoms with Crippen LogP contribution in [0, 0.1) is 0 Å². The highest BCUT2D eigenvalue weighted by atomic mass is 15.3. The Morgan fingerprint density at radius 2 is 1.67 bits per heavy atom. The van der Waals surface area contributed by atoms with Gasteiger partial charge in [0.15, 0.2) is 0 Å². The van der Waals surface area contributed by atoms with Gasteiger partial charge in [-0.25, -0.2) is 4.68 Å². The Morgan fingerprint density at radius 3 is 2.48 bits per heavy atom. The average Bonchev–Trinajstić information content (AvgIpc) is 2.96. The maximum Gasteiger partial charge on any atom is 0.115 e. The maximum absolute atomic E-state index is 4.89. The third-order valence-electron chi connectivity index (χ3n) is 4.09. The van der Waals surface area contributed by atoms with Gasteiger partial charge in [0.25, 0.3) is 0 Å². The molecule has 2 heterocycles. The van der Waals surface area contributed by atoms with E-state index in [1.54, 1.807) is 0 Å². The van der Waals surface area contributed by atoms with Gasteiger partial charge in [0.1, 0.15) is 5.69 Å². The summed E-state index contributed by atoms with van der Waals surface area (Å²) in [6, 6.07) is 16.4. The molecule has 0 saturated carbocycles. The zero-order valence-electron chi connectivity index (χ0n) is 11.9. The maximum atomic E-state index is 4.89. The average molecular weight is 275 g/mol. The molecule has 0 spiro atoms. The first kappa shape index (κ1) is 12.3. The first-order valence-electron chi connectivity index (χ1n) is 7.51. The normalized spacial score (nSPS) is 13.9. The van der Waals surface area contributed by atoms with Crippen LogP contribution < -0.4 is 0 Å². The SMILES string of the molecule is c1ccc(-n2nc(-c3ccccn3)c3c2CCCC3)cc1. The predicted molar refractivity (Wildman–Crippen MR) is 83.4 cm³/mol. The smallest absolute Gasteiger partial charge is 0.115 e. The molecule has 0 radical (unpaired) electrons. The zero-order valence-corrected chi connectivity index (χ0v) is 11.9. The van der Waals surface area contributed by atoms with Crippen molar-refractivity contribution in [2.24, 2.45) is 0 Å². The van der Waals surface area contributed by atoms with Crippen LogP contribution in [0.25, 0.3) is 17.1 Å². The minimum atomic E-state index is 0.977. The molecule has 2 aromatic heterocycles. The Labute approximate surface area is 124 Å². The molecule has 0 amide bonds. The summed E-state index contributed by atoms with van der Waals surface area (Å²) >= 11 is 0. The van der Waals surface area contributed by atoms with Gasteiger partial charge in [-0.1, -0.05) is 24.3 Å². The molecule has 3 heteroatoms. The molecule has 0 aliphatic heterocycles. The summed E-state index contributed by atoms with van der Waals surface area (Å²) in [5.41, 5.74) is 5.90. The number of aromatic nitrogens is 3. The van der Waals surface area contributed by atoms with Gasteiger partial charge in [0, 0.05) is 17.5 Å². The molecule has 21 heavy (non-hydrogen) atoms. The van der Waals surface area contributed by atoms with E-state index in [9.17, 15) is 0 Å². The van der Waals surface area contributed by atoms with Crippen LogP contribution in [-0.4, -0.2) is 14.8 Å². The van der Waals surface area contributed by atoms with E-state index in [-0.39, 0.29) is 0 Å². The van der Waals surface area contributed by atoms with E-state index in [0.29, 0.717) is 0 Å². The number of rotatable bonds is 2. The highest BCUT2D eigenvalue weighted by molar-refractivity contribution is 5.61. The quantitative estimate of drug-likeness (QED) is 0.712. The van der Waals surface area contributed by atoms with Gasteiger partial charge in [-0.05, 0) is 49.9 Å². The third kappa shape index (κ3) is 2.15. The highest BCUT2D eigenvalue weighted by Crippen LogP contribution is 2.31. The molecule has 0 N–H and O–H groups in total. The molecule has 0 saturated heterocycles. The lowest BCUT2D eigenvalue weighted by atomic mass is 9.94. The van der Waals surface area contributed by atoms with Crippen molar-refractivity contribution in [1.82, 2.24) is 14.8 Å². The number of fused-ring (bicyclic) bond motifs is 1. The number of nitrogens with zero attached hydrogens (tertiary/aromatic N) is 3. The minimum absolute atomic E-state index is 0.977. The zero-order chi connectivity index (χ0) is 14.1. The van der Waals surface area contributed by atoms with Crippen molar-refractivity contribution in [3.63, 3.8) is 0 Å².